The number of nitrogens with zero attached hydrogens (tertiary/aromatic N) is 3. The zero-order valence-electron chi connectivity index (χ0n) is 26.9. The molecule has 0 saturated carbocycles. The monoisotopic (exact) mass is 627 g/mol. The number of hydrogen-bond donors (Lipinski definition) is 0. The Morgan fingerprint density at radius 3 is 1.04 bits per heavy atom. The first-order valence-electron chi connectivity index (χ1n) is 16.6. The highest BCUT2D eigenvalue weighted by Crippen LogP contribution is 2.35. The second kappa shape index (κ2) is 13.7. The van der Waals surface area contributed by atoms with Crippen LogP contribution in [-0.2, 0) is 6.42 Å². The van der Waals surface area contributed by atoms with E-state index in [1.165, 1.54) is 11.1 Å². The van der Waals surface area contributed by atoms with Gasteiger partial charge in [0.25, 0.3) is 0 Å². The topological polar surface area (TPSA) is 38.7 Å². The van der Waals surface area contributed by atoms with Gasteiger partial charge in [-0.1, -0.05) is 182 Å². The van der Waals surface area contributed by atoms with Crippen LogP contribution in [0.5, 0.6) is 0 Å². The van der Waals surface area contributed by atoms with Gasteiger partial charge in [0, 0.05) is 17.5 Å². The van der Waals surface area contributed by atoms with Gasteiger partial charge in [-0.3, -0.25) is 0 Å². The van der Waals surface area contributed by atoms with Gasteiger partial charge in [0.2, 0.25) is 0 Å². The van der Waals surface area contributed by atoms with E-state index in [2.05, 4.69) is 176 Å². The highest BCUT2D eigenvalue weighted by molar-refractivity contribution is 5.84. The van der Waals surface area contributed by atoms with Crippen LogP contribution in [0.1, 0.15) is 11.4 Å². The van der Waals surface area contributed by atoms with Crippen molar-refractivity contribution in [2.75, 3.05) is 0 Å². The van der Waals surface area contributed by atoms with Gasteiger partial charge in [-0.05, 0) is 56.1 Å². The average molecular weight is 628 g/mol. The maximum Gasteiger partial charge on any atom is 0.164 e. The van der Waals surface area contributed by atoms with E-state index in [4.69, 9.17) is 15.0 Å². The van der Waals surface area contributed by atoms with Crippen LogP contribution in [0.4, 0.5) is 0 Å². The van der Waals surface area contributed by atoms with Gasteiger partial charge in [-0.15, -0.1) is 0 Å². The Bertz CT molecular complexity index is 2180. The fraction of sp³-hybridized carbons (Fsp3) is 0.0217. The molecule has 0 unspecified atom stereocenters. The molecule has 0 N–H and O–H groups in total. The number of rotatable bonds is 8. The van der Waals surface area contributed by atoms with E-state index >= 15 is 0 Å². The van der Waals surface area contributed by atoms with Crippen LogP contribution < -0.4 is 0 Å². The summed E-state index contributed by atoms with van der Waals surface area (Å²) in [6.07, 6.45) is 0.546. The van der Waals surface area contributed by atoms with Crippen LogP contribution in [0.15, 0.2) is 188 Å². The molecule has 0 atom stereocenters. The predicted molar refractivity (Wildman–Crippen MR) is 202 cm³/mol. The van der Waals surface area contributed by atoms with Crippen LogP contribution in [0.3, 0.4) is 0 Å². The van der Waals surface area contributed by atoms with Crippen LogP contribution in [0.2, 0.25) is 0 Å². The summed E-state index contributed by atoms with van der Waals surface area (Å²) in [7, 11) is 0. The van der Waals surface area contributed by atoms with Crippen LogP contribution in [0.25, 0.3) is 67.3 Å². The SMILES string of the molecule is c1ccc(-c2cc(Cc3nc(-c4ccccc4-c4ccccc4)nc(-c4ccccc4-c4ccccc4)n3)cc(-c3ccccc3)c2)cc1. The first-order chi connectivity index (χ1) is 24.3. The molecule has 0 amide bonds. The van der Waals surface area contributed by atoms with Crippen molar-refractivity contribution in [1.82, 2.24) is 15.0 Å². The Kier molecular flexibility index (Phi) is 8.38. The molecular formula is C46H33N3. The second-order valence-corrected chi connectivity index (χ2v) is 12.0. The Hall–Kier alpha value is -6.45. The normalized spacial score (nSPS) is 10.9. The molecular weight excluding hydrogens is 595 g/mol. The number of aromatic nitrogens is 3. The molecule has 8 rings (SSSR count). The third-order valence-electron chi connectivity index (χ3n) is 8.76. The molecule has 3 nitrogen and oxygen atoms in total. The lowest BCUT2D eigenvalue weighted by Gasteiger charge is -2.15. The van der Waals surface area contributed by atoms with Crippen LogP contribution in [0, 0.1) is 0 Å². The molecule has 0 spiro atoms. The molecule has 0 bridgehead atoms. The van der Waals surface area contributed by atoms with Crippen molar-refractivity contribution in [3.05, 3.63) is 199 Å². The van der Waals surface area contributed by atoms with Gasteiger partial charge in [0.1, 0.15) is 5.82 Å². The summed E-state index contributed by atoms with van der Waals surface area (Å²) in [4.78, 5) is 15.6. The fourth-order valence-corrected chi connectivity index (χ4v) is 6.41. The minimum Gasteiger partial charge on any atom is -0.213 e. The molecule has 0 aliphatic carbocycles. The van der Waals surface area contributed by atoms with E-state index in [0.29, 0.717) is 18.1 Å². The molecule has 0 aliphatic rings. The summed E-state index contributed by atoms with van der Waals surface area (Å²) in [6.45, 7) is 0. The summed E-state index contributed by atoms with van der Waals surface area (Å²) in [5.74, 6) is 2.03. The molecule has 1 heterocycles. The first kappa shape index (κ1) is 29.9. The summed E-state index contributed by atoms with van der Waals surface area (Å²) in [5, 5.41) is 0. The van der Waals surface area contributed by atoms with Crippen molar-refractivity contribution in [1.29, 1.82) is 0 Å². The van der Waals surface area contributed by atoms with Gasteiger partial charge in [0.15, 0.2) is 11.6 Å². The molecule has 1 aromatic heterocycles. The van der Waals surface area contributed by atoms with Crippen molar-refractivity contribution in [2.24, 2.45) is 0 Å². The number of hydrogen-bond acceptors (Lipinski definition) is 3. The maximum absolute atomic E-state index is 5.20. The Morgan fingerprint density at radius 2 is 0.633 bits per heavy atom. The third kappa shape index (κ3) is 6.56. The largest absolute Gasteiger partial charge is 0.213 e. The molecule has 49 heavy (non-hydrogen) atoms. The molecule has 8 aromatic rings. The minimum atomic E-state index is 0.546. The fourth-order valence-electron chi connectivity index (χ4n) is 6.41. The Morgan fingerprint density at radius 1 is 0.286 bits per heavy atom. The Balaban J connectivity index is 1.31. The van der Waals surface area contributed by atoms with E-state index in [9.17, 15) is 0 Å². The summed E-state index contributed by atoms with van der Waals surface area (Å²) < 4.78 is 0. The van der Waals surface area contributed by atoms with E-state index < -0.39 is 0 Å². The third-order valence-corrected chi connectivity index (χ3v) is 8.76. The van der Waals surface area contributed by atoms with Crippen molar-refractivity contribution < 1.29 is 0 Å². The molecule has 0 saturated heterocycles. The molecule has 0 fully saturated rings. The van der Waals surface area contributed by atoms with E-state index in [1.54, 1.807) is 0 Å². The van der Waals surface area contributed by atoms with Gasteiger partial charge < -0.3 is 0 Å². The lowest BCUT2D eigenvalue weighted by molar-refractivity contribution is 0.933. The summed E-state index contributed by atoms with van der Waals surface area (Å²) in [6, 6.07) is 65.5. The zero-order valence-corrected chi connectivity index (χ0v) is 26.9. The van der Waals surface area contributed by atoms with Crippen molar-refractivity contribution >= 4 is 0 Å². The van der Waals surface area contributed by atoms with Crippen molar-refractivity contribution in [3.8, 4) is 67.3 Å². The van der Waals surface area contributed by atoms with Gasteiger partial charge in [-0.25, -0.2) is 15.0 Å². The van der Waals surface area contributed by atoms with E-state index in [1.807, 2.05) is 12.1 Å². The van der Waals surface area contributed by atoms with Crippen LogP contribution in [-0.4, -0.2) is 15.0 Å². The van der Waals surface area contributed by atoms with Crippen molar-refractivity contribution in [2.45, 2.75) is 6.42 Å². The summed E-state index contributed by atoms with van der Waals surface area (Å²) >= 11 is 0. The molecule has 3 heteroatoms. The quantitative estimate of drug-likeness (QED) is 0.168. The maximum atomic E-state index is 5.20. The minimum absolute atomic E-state index is 0.546. The second-order valence-electron chi connectivity index (χ2n) is 12.0. The van der Waals surface area contributed by atoms with E-state index in [0.717, 1.165) is 55.9 Å². The molecule has 0 aliphatic heterocycles. The lowest BCUT2D eigenvalue weighted by Crippen LogP contribution is -2.05. The lowest BCUT2D eigenvalue weighted by atomic mass is 9.95. The summed E-state index contributed by atoms with van der Waals surface area (Å²) in [5.41, 5.74) is 12.2. The Labute approximate surface area is 287 Å². The molecule has 7 aromatic carbocycles. The zero-order chi connectivity index (χ0) is 32.8. The average Bonchev–Trinajstić information content (AvgIpc) is 3.19. The standard InChI is InChI=1S/C46H33N3/c1-5-17-34(18-6-1)38-29-33(30-39(32-38)35-19-7-2-8-20-35)31-44-47-45(42-27-15-13-25-40(42)36-21-9-3-10-22-36)49-46(48-44)43-28-16-14-26-41(43)37-23-11-4-12-24-37/h1-30,32H,31H2. The molecule has 232 valence electrons. The van der Waals surface area contributed by atoms with Gasteiger partial charge >= 0.3 is 0 Å². The highest BCUT2D eigenvalue weighted by atomic mass is 15.0. The van der Waals surface area contributed by atoms with Gasteiger partial charge in [-0.2, -0.15) is 0 Å². The van der Waals surface area contributed by atoms with E-state index in [-0.39, 0.29) is 0 Å². The van der Waals surface area contributed by atoms with Gasteiger partial charge in [0.05, 0.1) is 0 Å². The smallest absolute Gasteiger partial charge is 0.164 e. The molecule has 0 radical (unpaired) electrons. The van der Waals surface area contributed by atoms with Crippen molar-refractivity contribution in [3.63, 3.8) is 0 Å². The number of benzene rings is 7. The highest BCUT2D eigenvalue weighted by Gasteiger charge is 2.18. The van der Waals surface area contributed by atoms with Crippen LogP contribution >= 0.6 is 0 Å². The predicted octanol–water partition coefficient (Wildman–Crippen LogP) is 11.5. The first-order valence-corrected chi connectivity index (χ1v) is 16.6.